The summed E-state index contributed by atoms with van der Waals surface area (Å²) in [6, 6.07) is 9.83. The third kappa shape index (κ3) is 2.13. The summed E-state index contributed by atoms with van der Waals surface area (Å²) in [6.45, 7) is 1.79. The van der Waals surface area contributed by atoms with Gasteiger partial charge in [-0.1, -0.05) is 24.3 Å². The maximum Gasteiger partial charge on any atom is 0.150 e. The van der Waals surface area contributed by atoms with Gasteiger partial charge in [0.05, 0.1) is 5.56 Å². The van der Waals surface area contributed by atoms with Gasteiger partial charge in [-0.15, -0.1) is 0 Å². The van der Waals surface area contributed by atoms with Crippen molar-refractivity contribution in [2.45, 2.75) is 6.92 Å². The van der Waals surface area contributed by atoms with Gasteiger partial charge in [-0.25, -0.2) is 0 Å². The molecule has 0 atom stereocenters. The minimum Gasteiger partial charge on any atom is -0.507 e. The van der Waals surface area contributed by atoms with Gasteiger partial charge < -0.3 is 10.2 Å². The highest BCUT2D eigenvalue weighted by Crippen LogP contribution is 2.37. The number of aryl methyl sites for hydroxylation is 1. The molecule has 0 aliphatic heterocycles. The van der Waals surface area contributed by atoms with Crippen LogP contribution in [0, 0.1) is 6.92 Å². The summed E-state index contributed by atoms with van der Waals surface area (Å²) >= 11 is 0. The van der Waals surface area contributed by atoms with Crippen LogP contribution in [-0.2, 0) is 0 Å². The average Bonchev–Trinajstić information content (AvgIpc) is 2.28. The van der Waals surface area contributed by atoms with E-state index >= 15 is 0 Å². The molecule has 0 aromatic heterocycles. The monoisotopic (exact) mass is 228 g/mol. The molecule has 2 aromatic rings. The number of rotatable bonds is 2. The fraction of sp³-hybridized carbons (Fsp3) is 0.0714. The van der Waals surface area contributed by atoms with Crippen LogP contribution in [0.5, 0.6) is 11.5 Å². The van der Waals surface area contributed by atoms with Crippen molar-refractivity contribution in [3.05, 3.63) is 47.5 Å². The van der Waals surface area contributed by atoms with Crippen LogP contribution in [0.4, 0.5) is 0 Å². The first-order valence-electron chi connectivity index (χ1n) is 5.20. The third-order valence-corrected chi connectivity index (χ3v) is 2.58. The highest BCUT2D eigenvalue weighted by Gasteiger charge is 2.10. The van der Waals surface area contributed by atoms with Gasteiger partial charge in [-0.05, 0) is 30.2 Å². The van der Waals surface area contributed by atoms with Crippen molar-refractivity contribution in [1.82, 2.24) is 0 Å². The Morgan fingerprint density at radius 2 is 1.53 bits per heavy atom. The molecule has 2 rings (SSSR count). The van der Waals surface area contributed by atoms with E-state index in [2.05, 4.69) is 0 Å². The third-order valence-electron chi connectivity index (χ3n) is 2.58. The summed E-state index contributed by atoms with van der Waals surface area (Å²) in [5, 5.41) is 19.6. The molecule has 0 saturated carbocycles. The number of aldehydes is 1. The molecule has 0 heterocycles. The Morgan fingerprint density at radius 3 is 2.00 bits per heavy atom. The van der Waals surface area contributed by atoms with Crippen LogP contribution in [0.2, 0.25) is 0 Å². The first kappa shape index (κ1) is 11.2. The molecule has 0 saturated heterocycles. The van der Waals surface area contributed by atoms with Crippen LogP contribution in [0.25, 0.3) is 11.1 Å². The molecule has 0 aliphatic carbocycles. The Morgan fingerprint density at radius 1 is 1.00 bits per heavy atom. The summed E-state index contributed by atoms with van der Waals surface area (Å²) < 4.78 is 0. The number of carbonyl (C=O) groups is 1. The quantitative estimate of drug-likeness (QED) is 0.777. The Balaban J connectivity index is 2.56. The van der Waals surface area contributed by atoms with E-state index in [-0.39, 0.29) is 11.5 Å². The molecule has 0 radical (unpaired) electrons. The van der Waals surface area contributed by atoms with Gasteiger partial charge in [-0.3, -0.25) is 4.79 Å². The second kappa shape index (κ2) is 4.29. The van der Waals surface area contributed by atoms with E-state index in [1.54, 1.807) is 43.3 Å². The largest absolute Gasteiger partial charge is 0.507 e. The van der Waals surface area contributed by atoms with Crippen LogP contribution >= 0.6 is 0 Å². The van der Waals surface area contributed by atoms with E-state index in [0.29, 0.717) is 16.7 Å². The minimum atomic E-state index is 0.0290. The number of phenolic OH excluding ortho intramolecular Hbond substituents is 2. The first-order valence-corrected chi connectivity index (χ1v) is 5.20. The van der Waals surface area contributed by atoms with E-state index in [0.717, 1.165) is 11.8 Å². The van der Waals surface area contributed by atoms with Gasteiger partial charge >= 0.3 is 0 Å². The molecule has 0 amide bonds. The summed E-state index contributed by atoms with van der Waals surface area (Å²) in [6.07, 6.45) is 0.749. The molecule has 3 heteroatoms. The van der Waals surface area contributed by atoms with Gasteiger partial charge in [0.1, 0.15) is 17.8 Å². The second-order valence-corrected chi connectivity index (χ2v) is 3.92. The van der Waals surface area contributed by atoms with Crippen molar-refractivity contribution in [3.63, 3.8) is 0 Å². The molecule has 2 aromatic carbocycles. The highest BCUT2D eigenvalue weighted by molar-refractivity contribution is 5.80. The number of aromatic hydroxyl groups is 2. The van der Waals surface area contributed by atoms with Crippen molar-refractivity contribution in [1.29, 1.82) is 0 Å². The van der Waals surface area contributed by atoms with E-state index in [9.17, 15) is 15.0 Å². The molecule has 0 unspecified atom stereocenters. The molecule has 0 spiro atoms. The van der Waals surface area contributed by atoms with E-state index < -0.39 is 0 Å². The smallest absolute Gasteiger partial charge is 0.150 e. The van der Waals surface area contributed by atoms with Crippen LogP contribution in [-0.4, -0.2) is 16.5 Å². The van der Waals surface area contributed by atoms with Crippen molar-refractivity contribution in [2.24, 2.45) is 0 Å². The number of benzene rings is 2. The maximum absolute atomic E-state index is 10.5. The lowest BCUT2D eigenvalue weighted by molar-refractivity contribution is 0.112. The molecule has 0 bridgehead atoms. The molecular formula is C14H12O3. The van der Waals surface area contributed by atoms with Crippen LogP contribution in [0.3, 0.4) is 0 Å². The standard InChI is InChI=1S/C14H12O3/c1-9-6-12(16)14(13(17)7-9)11-4-2-10(8-15)3-5-11/h2-8,16-17H,1H3. The van der Waals surface area contributed by atoms with E-state index in [4.69, 9.17) is 0 Å². The molecule has 86 valence electrons. The molecule has 2 N–H and O–H groups in total. The van der Waals surface area contributed by atoms with Crippen LogP contribution in [0.15, 0.2) is 36.4 Å². The SMILES string of the molecule is Cc1cc(O)c(-c2ccc(C=O)cc2)c(O)c1. The number of hydrogen-bond acceptors (Lipinski definition) is 3. The van der Waals surface area contributed by atoms with Crippen molar-refractivity contribution in [2.75, 3.05) is 0 Å². The number of hydrogen-bond donors (Lipinski definition) is 2. The van der Waals surface area contributed by atoms with Crippen LogP contribution < -0.4 is 0 Å². The second-order valence-electron chi connectivity index (χ2n) is 3.92. The Hall–Kier alpha value is -2.29. The van der Waals surface area contributed by atoms with Crippen LogP contribution in [0.1, 0.15) is 15.9 Å². The zero-order chi connectivity index (χ0) is 12.4. The number of carbonyl (C=O) groups excluding carboxylic acids is 1. The highest BCUT2D eigenvalue weighted by atomic mass is 16.3. The normalized spacial score (nSPS) is 10.2. The lowest BCUT2D eigenvalue weighted by atomic mass is 10.0. The Bertz CT molecular complexity index is 533. The summed E-state index contributed by atoms with van der Waals surface area (Å²) in [7, 11) is 0. The average molecular weight is 228 g/mol. The predicted molar refractivity (Wildman–Crippen MR) is 65.3 cm³/mol. The zero-order valence-electron chi connectivity index (χ0n) is 9.34. The van der Waals surface area contributed by atoms with Gasteiger partial charge in [0.2, 0.25) is 0 Å². The van der Waals surface area contributed by atoms with Gasteiger partial charge in [0.25, 0.3) is 0 Å². The van der Waals surface area contributed by atoms with E-state index in [1.807, 2.05) is 0 Å². The van der Waals surface area contributed by atoms with Gasteiger partial charge in [-0.2, -0.15) is 0 Å². The molecular weight excluding hydrogens is 216 g/mol. The lowest BCUT2D eigenvalue weighted by Crippen LogP contribution is -1.84. The Labute approximate surface area is 99.0 Å². The first-order chi connectivity index (χ1) is 8.11. The molecule has 0 fully saturated rings. The molecule has 3 nitrogen and oxygen atoms in total. The van der Waals surface area contributed by atoms with Gasteiger partial charge in [0, 0.05) is 5.56 Å². The fourth-order valence-corrected chi connectivity index (χ4v) is 1.77. The Kier molecular flexibility index (Phi) is 2.83. The maximum atomic E-state index is 10.5. The minimum absolute atomic E-state index is 0.0290. The fourth-order valence-electron chi connectivity index (χ4n) is 1.77. The van der Waals surface area contributed by atoms with Crippen molar-refractivity contribution >= 4 is 6.29 Å². The molecule has 0 aliphatic rings. The van der Waals surface area contributed by atoms with E-state index in [1.165, 1.54) is 0 Å². The summed E-state index contributed by atoms with van der Waals surface area (Å²) in [4.78, 5) is 10.5. The summed E-state index contributed by atoms with van der Waals surface area (Å²) in [5.74, 6) is 0.0581. The predicted octanol–water partition coefficient (Wildman–Crippen LogP) is 2.89. The van der Waals surface area contributed by atoms with Crippen molar-refractivity contribution in [3.8, 4) is 22.6 Å². The lowest BCUT2D eigenvalue weighted by Gasteiger charge is -2.08. The topological polar surface area (TPSA) is 57.5 Å². The van der Waals surface area contributed by atoms with Gasteiger partial charge in [0.15, 0.2) is 0 Å². The van der Waals surface area contributed by atoms with Crippen molar-refractivity contribution < 1.29 is 15.0 Å². The summed E-state index contributed by atoms with van der Waals surface area (Å²) in [5.41, 5.74) is 2.40. The number of phenols is 2. The zero-order valence-corrected chi connectivity index (χ0v) is 9.34. The molecule has 17 heavy (non-hydrogen) atoms.